The van der Waals surface area contributed by atoms with E-state index in [1.54, 1.807) is 67.5 Å². The number of esters is 1. The zero-order valence-electron chi connectivity index (χ0n) is 27.7. The molecule has 2 aromatic carbocycles. The molecule has 0 bridgehead atoms. The number of nitrogens with one attached hydrogen (secondary N) is 2. The molecule has 0 spiro atoms. The first-order valence-electron chi connectivity index (χ1n) is 14.9. The number of aliphatic hydroxyl groups is 1. The molecule has 242 valence electrons. The molecular weight excluding hydrogens is 562 g/mol. The van der Waals surface area contributed by atoms with Crippen molar-refractivity contribution in [2.24, 2.45) is 0 Å². The predicted molar refractivity (Wildman–Crippen MR) is 169 cm³/mol. The van der Waals surface area contributed by atoms with Crippen molar-refractivity contribution in [3.05, 3.63) is 70.8 Å². The Morgan fingerprint density at radius 1 is 0.818 bits per heavy atom. The lowest BCUT2D eigenvalue weighted by Crippen LogP contribution is -2.57. The molecule has 2 rings (SSSR count). The van der Waals surface area contributed by atoms with Gasteiger partial charge >= 0.3 is 12.1 Å². The number of hydrogen-bond donors (Lipinski definition) is 3. The molecule has 2 aromatic rings. The molecule has 0 aromatic heterocycles. The number of alkyl carbamates (subject to hydrolysis) is 1. The summed E-state index contributed by atoms with van der Waals surface area (Å²) in [6.45, 7) is 16.8. The van der Waals surface area contributed by atoms with Gasteiger partial charge in [-0.3, -0.25) is 9.59 Å². The molecular formula is C34H49N3O7. The maximum Gasteiger partial charge on any atom is 0.408 e. The number of carbonyl (C=O) groups excluding carboxylic acids is 4. The number of aliphatic hydroxyl groups excluding tert-OH is 1. The van der Waals surface area contributed by atoms with E-state index in [1.807, 2.05) is 50.2 Å². The number of amides is 3. The second kappa shape index (κ2) is 15.2. The van der Waals surface area contributed by atoms with E-state index in [9.17, 15) is 24.3 Å². The highest BCUT2D eigenvalue weighted by Crippen LogP contribution is 2.27. The maximum atomic E-state index is 14.3. The van der Waals surface area contributed by atoms with Gasteiger partial charge in [-0.1, -0.05) is 59.7 Å². The monoisotopic (exact) mass is 611 g/mol. The molecule has 0 aliphatic heterocycles. The summed E-state index contributed by atoms with van der Waals surface area (Å²) in [7, 11) is 0. The molecule has 0 heterocycles. The number of aryl methyl sites for hydroxylation is 2. The zero-order valence-corrected chi connectivity index (χ0v) is 27.7. The van der Waals surface area contributed by atoms with E-state index in [0.717, 1.165) is 16.7 Å². The van der Waals surface area contributed by atoms with E-state index in [-0.39, 0.29) is 6.42 Å². The Balaban J connectivity index is 2.59. The van der Waals surface area contributed by atoms with Crippen molar-refractivity contribution in [2.75, 3.05) is 6.61 Å². The Kier molecular flexibility index (Phi) is 12.5. The Morgan fingerprint density at radius 2 is 1.36 bits per heavy atom. The number of hydrogen-bond acceptors (Lipinski definition) is 7. The molecule has 0 saturated carbocycles. The van der Waals surface area contributed by atoms with Gasteiger partial charge in [0.05, 0.1) is 6.61 Å². The van der Waals surface area contributed by atoms with Crippen LogP contribution in [0.4, 0.5) is 4.79 Å². The van der Waals surface area contributed by atoms with Crippen LogP contribution in [0.2, 0.25) is 0 Å². The second-order valence-corrected chi connectivity index (χ2v) is 13.3. The van der Waals surface area contributed by atoms with Crippen molar-refractivity contribution in [2.45, 2.75) is 111 Å². The van der Waals surface area contributed by atoms with Crippen LogP contribution in [0.3, 0.4) is 0 Å². The second-order valence-electron chi connectivity index (χ2n) is 13.3. The lowest BCUT2D eigenvalue weighted by molar-refractivity contribution is -0.159. The van der Waals surface area contributed by atoms with Crippen molar-refractivity contribution in [3.8, 4) is 0 Å². The third-order valence-electron chi connectivity index (χ3n) is 6.36. The lowest BCUT2D eigenvalue weighted by Gasteiger charge is -2.37. The van der Waals surface area contributed by atoms with E-state index < -0.39 is 65.9 Å². The number of ether oxygens (including phenoxy) is 2. The van der Waals surface area contributed by atoms with E-state index in [1.165, 1.54) is 4.90 Å². The topological polar surface area (TPSA) is 134 Å². The first kappa shape index (κ1) is 36.3. The number of carbonyl (C=O) groups is 4. The standard InChI is InChI=1S/C34H49N3O7/c1-21(2)37(30(40)27(20-38)36-32(42)44-34(8,9)10)28(25-17-22(3)16-23(4)18-25)29(39)35-26(31(41)43-33(5,6)7)19-24-14-12-11-13-15-24/h11-18,21,26-28,38H,19-20H2,1-10H3,(H,35,39)(H,36,42). The lowest BCUT2D eigenvalue weighted by atomic mass is 9.96. The third-order valence-corrected chi connectivity index (χ3v) is 6.36. The van der Waals surface area contributed by atoms with Gasteiger partial charge in [-0.15, -0.1) is 0 Å². The Morgan fingerprint density at radius 3 is 1.84 bits per heavy atom. The molecule has 0 saturated heterocycles. The van der Waals surface area contributed by atoms with Gasteiger partial charge in [0, 0.05) is 12.5 Å². The van der Waals surface area contributed by atoms with E-state index in [4.69, 9.17) is 9.47 Å². The minimum absolute atomic E-state index is 0.163. The van der Waals surface area contributed by atoms with E-state index in [2.05, 4.69) is 10.6 Å². The van der Waals surface area contributed by atoms with Crippen LogP contribution >= 0.6 is 0 Å². The first-order valence-corrected chi connectivity index (χ1v) is 14.9. The molecule has 0 fully saturated rings. The smallest absolute Gasteiger partial charge is 0.408 e. The fourth-order valence-electron chi connectivity index (χ4n) is 4.77. The molecule has 3 unspecified atom stereocenters. The van der Waals surface area contributed by atoms with Gasteiger partial charge in [0.2, 0.25) is 11.8 Å². The van der Waals surface area contributed by atoms with Gasteiger partial charge < -0.3 is 30.1 Å². The molecule has 0 aliphatic rings. The molecule has 0 radical (unpaired) electrons. The highest BCUT2D eigenvalue weighted by Gasteiger charge is 2.39. The predicted octanol–water partition coefficient (Wildman–Crippen LogP) is 4.54. The van der Waals surface area contributed by atoms with Crippen molar-refractivity contribution in [3.63, 3.8) is 0 Å². The largest absolute Gasteiger partial charge is 0.458 e. The summed E-state index contributed by atoms with van der Waals surface area (Å²) in [6.07, 6.45) is -0.718. The highest BCUT2D eigenvalue weighted by molar-refractivity contribution is 5.94. The highest BCUT2D eigenvalue weighted by atomic mass is 16.6. The minimum Gasteiger partial charge on any atom is -0.458 e. The van der Waals surface area contributed by atoms with Gasteiger partial charge in [0.1, 0.15) is 29.3 Å². The third kappa shape index (κ3) is 11.3. The Labute approximate surface area is 261 Å². The van der Waals surface area contributed by atoms with Crippen molar-refractivity contribution in [1.29, 1.82) is 0 Å². The summed E-state index contributed by atoms with van der Waals surface area (Å²) in [5.74, 6) is -1.92. The summed E-state index contributed by atoms with van der Waals surface area (Å²) < 4.78 is 11.0. The van der Waals surface area contributed by atoms with E-state index in [0.29, 0.717) is 5.56 Å². The number of nitrogens with zero attached hydrogens (tertiary/aromatic N) is 1. The zero-order chi connectivity index (χ0) is 33.4. The average molecular weight is 612 g/mol. The number of benzene rings is 2. The molecule has 10 heteroatoms. The molecule has 10 nitrogen and oxygen atoms in total. The molecule has 44 heavy (non-hydrogen) atoms. The van der Waals surface area contributed by atoms with Crippen LogP contribution in [-0.4, -0.2) is 69.8 Å². The van der Waals surface area contributed by atoms with Crippen molar-refractivity contribution in [1.82, 2.24) is 15.5 Å². The first-order chi connectivity index (χ1) is 20.3. The quantitative estimate of drug-likeness (QED) is 0.318. The summed E-state index contributed by atoms with van der Waals surface area (Å²) in [4.78, 5) is 55.6. The fourth-order valence-corrected chi connectivity index (χ4v) is 4.77. The summed E-state index contributed by atoms with van der Waals surface area (Å²) in [6, 6.07) is 10.6. The minimum atomic E-state index is -1.39. The Hall–Kier alpha value is -3.92. The maximum absolute atomic E-state index is 14.3. The average Bonchev–Trinajstić information content (AvgIpc) is 2.87. The van der Waals surface area contributed by atoms with Gasteiger partial charge in [-0.25, -0.2) is 9.59 Å². The molecule has 3 N–H and O–H groups in total. The SMILES string of the molecule is Cc1cc(C)cc(C(C(=O)NC(Cc2ccccc2)C(=O)OC(C)(C)C)N(C(=O)C(CO)NC(=O)OC(C)(C)C)C(C)C)c1. The van der Waals surface area contributed by atoms with Crippen LogP contribution in [-0.2, 0) is 30.3 Å². The van der Waals surface area contributed by atoms with Gasteiger partial charge in [0.15, 0.2) is 0 Å². The molecule has 3 amide bonds. The van der Waals surface area contributed by atoms with Crippen LogP contribution in [0, 0.1) is 13.8 Å². The Bertz CT molecular complexity index is 1280. The van der Waals surface area contributed by atoms with Crippen LogP contribution in [0.1, 0.15) is 83.7 Å². The summed E-state index contributed by atoms with van der Waals surface area (Å²) >= 11 is 0. The normalized spacial score (nSPS) is 13.8. The van der Waals surface area contributed by atoms with Crippen LogP contribution in [0.25, 0.3) is 0 Å². The van der Waals surface area contributed by atoms with Gasteiger partial charge in [0.25, 0.3) is 0 Å². The van der Waals surface area contributed by atoms with E-state index >= 15 is 0 Å². The van der Waals surface area contributed by atoms with Gasteiger partial charge in [-0.05, 0) is 80.4 Å². The molecule has 0 aliphatic carbocycles. The van der Waals surface area contributed by atoms with Crippen LogP contribution in [0.15, 0.2) is 48.5 Å². The summed E-state index contributed by atoms with van der Waals surface area (Å²) in [5, 5.41) is 15.5. The van der Waals surface area contributed by atoms with Gasteiger partial charge in [-0.2, -0.15) is 0 Å². The molecule has 3 atom stereocenters. The number of rotatable bonds is 11. The summed E-state index contributed by atoms with van der Waals surface area (Å²) in [5.41, 5.74) is 1.43. The van der Waals surface area contributed by atoms with Crippen LogP contribution in [0.5, 0.6) is 0 Å². The fraction of sp³-hybridized carbons (Fsp3) is 0.529. The van der Waals surface area contributed by atoms with Crippen LogP contribution < -0.4 is 10.6 Å². The van der Waals surface area contributed by atoms with Crippen molar-refractivity contribution >= 4 is 23.9 Å². The van der Waals surface area contributed by atoms with Crippen molar-refractivity contribution < 1.29 is 33.8 Å².